The molecule has 2 aromatic heterocycles. The van der Waals surface area contributed by atoms with Crippen LogP contribution in [-0.2, 0) is 18.1 Å². The predicted molar refractivity (Wildman–Crippen MR) is 108 cm³/mol. The topological polar surface area (TPSA) is 78.0 Å². The van der Waals surface area contributed by atoms with Gasteiger partial charge in [0.05, 0.1) is 6.54 Å². The van der Waals surface area contributed by atoms with Gasteiger partial charge in [0.15, 0.2) is 11.8 Å². The minimum Gasteiger partial charge on any atom is -0.377 e. The van der Waals surface area contributed by atoms with Gasteiger partial charge in [-0.2, -0.15) is 8.78 Å². The molecule has 1 atom stereocenters. The fourth-order valence-corrected chi connectivity index (χ4v) is 3.59. The molecule has 4 rings (SSSR count). The Morgan fingerprint density at radius 3 is 2.31 bits per heavy atom. The van der Waals surface area contributed by atoms with Crippen LogP contribution in [-0.4, -0.2) is 25.3 Å². The minimum atomic E-state index is -4.05. The van der Waals surface area contributed by atoms with E-state index in [1.165, 1.54) is 12.3 Å². The quantitative estimate of drug-likeness (QED) is 0.401. The molecule has 0 aliphatic heterocycles. The van der Waals surface area contributed by atoms with Crippen molar-refractivity contribution in [3.8, 4) is 11.1 Å². The maximum atomic E-state index is 15.7. The van der Waals surface area contributed by atoms with E-state index < -0.39 is 41.0 Å². The highest BCUT2D eigenvalue weighted by atomic mass is 79.9. The predicted octanol–water partition coefficient (Wildman–Crippen LogP) is 3.87. The third-order valence-corrected chi connectivity index (χ3v) is 5.54. The van der Waals surface area contributed by atoms with E-state index in [1.807, 2.05) is 0 Å². The summed E-state index contributed by atoms with van der Waals surface area (Å²) in [6.45, 7) is -0.891. The van der Waals surface area contributed by atoms with E-state index in [2.05, 4.69) is 36.4 Å². The average molecular weight is 509 g/mol. The van der Waals surface area contributed by atoms with Crippen LogP contribution in [0.4, 0.5) is 17.6 Å². The summed E-state index contributed by atoms with van der Waals surface area (Å²) in [6, 6.07) is 11.7. The van der Waals surface area contributed by atoms with Gasteiger partial charge < -0.3 is 5.11 Å². The molecule has 2 N–H and O–H groups in total. The Hall–Kier alpha value is -3.18. The van der Waals surface area contributed by atoms with Gasteiger partial charge in [-0.3, -0.25) is 0 Å². The van der Waals surface area contributed by atoms with E-state index in [-0.39, 0.29) is 0 Å². The molecule has 164 valence electrons. The Labute approximate surface area is 187 Å². The lowest BCUT2D eigenvalue weighted by molar-refractivity contribution is -0.425. The lowest BCUT2D eigenvalue weighted by Gasteiger charge is -2.33. The zero-order valence-electron chi connectivity index (χ0n) is 16.2. The van der Waals surface area contributed by atoms with Crippen molar-refractivity contribution in [2.24, 2.45) is 0 Å². The van der Waals surface area contributed by atoms with Crippen LogP contribution in [0, 0.1) is 11.6 Å². The number of halogens is 5. The molecule has 0 bridgehead atoms. The van der Waals surface area contributed by atoms with Crippen LogP contribution in [0.1, 0.15) is 11.3 Å². The molecule has 0 radical (unpaired) electrons. The number of tetrazole rings is 1. The third kappa shape index (κ3) is 4.00. The highest BCUT2D eigenvalue weighted by Crippen LogP contribution is 2.46. The molecule has 0 spiro atoms. The Morgan fingerprint density at radius 2 is 1.72 bits per heavy atom. The number of H-pyrrole nitrogens is 1. The highest BCUT2D eigenvalue weighted by Gasteiger charge is 2.60. The summed E-state index contributed by atoms with van der Waals surface area (Å²) in [5, 5.41) is 21.4. The average Bonchev–Trinajstić information content (AvgIpc) is 3.27. The lowest BCUT2D eigenvalue weighted by Crippen LogP contribution is -2.49. The van der Waals surface area contributed by atoms with Crippen molar-refractivity contribution in [3.63, 3.8) is 0 Å². The first-order valence-corrected chi connectivity index (χ1v) is 10.0. The van der Waals surface area contributed by atoms with Crippen LogP contribution in [0.15, 0.2) is 71.6 Å². The van der Waals surface area contributed by atoms with Gasteiger partial charge in [-0.05, 0) is 46.3 Å². The van der Waals surface area contributed by atoms with Crippen molar-refractivity contribution in [2.75, 3.05) is 0 Å². The zero-order chi connectivity index (χ0) is 22.9. The molecule has 0 aliphatic carbocycles. The van der Waals surface area contributed by atoms with Crippen LogP contribution < -0.4 is 4.98 Å². The fourth-order valence-electron chi connectivity index (χ4n) is 3.33. The van der Waals surface area contributed by atoms with E-state index >= 15 is 8.78 Å². The van der Waals surface area contributed by atoms with Crippen molar-refractivity contribution in [1.82, 2.24) is 20.2 Å². The zero-order valence-corrected chi connectivity index (χ0v) is 17.8. The number of aromatic nitrogens is 5. The van der Waals surface area contributed by atoms with Crippen LogP contribution in [0.25, 0.3) is 11.1 Å². The maximum absolute atomic E-state index is 15.7. The number of nitrogens with one attached hydrogen (secondary N) is 1. The summed E-state index contributed by atoms with van der Waals surface area (Å²) < 4.78 is 61.1. The summed E-state index contributed by atoms with van der Waals surface area (Å²) in [7, 11) is 0. The fraction of sp³-hybridized carbons (Fsp3) is 0.143. The van der Waals surface area contributed by atoms with E-state index in [9.17, 15) is 13.9 Å². The second kappa shape index (κ2) is 8.40. The van der Waals surface area contributed by atoms with Crippen LogP contribution in [0.3, 0.4) is 0 Å². The van der Waals surface area contributed by atoms with Crippen LogP contribution in [0.5, 0.6) is 0 Å². The summed E-state index contributed by atoms with van der Waals surface area (Å²) >= 11 is 3.33. The van der Waals surface area contributed by atoms with Crippen molar-refractivity contribution in [2.45, 2.75) is 18.1 Å². The number of aliphatic hydroxyl groups is 1. The molecule has 0 fully saturated rings. The molecule has 32 heavy (non-hydrogen) atoms. The smallest absolute Gasteiger partial charge is 0.363 e. The first-order valence-electron chi connectivity index (χ1n) is 9.25. The molecule has 1 unspecified atom stereocenters. The van der Waals surface area contributed by atoms with Crippen molar-refractivity contribution in [1.29, 1.82) is 0 Å². The van der Waals surface area contributed by atoms with E-state index in [0.717, 1.165) is 39.2 Å². The number of hydrogen-bond acceptors (Lipinski definition) is 4. The molecule has 0 amide bonds. The SMILES string of the molecule is OC(Cn1cnnn1)(c1ccc(F)cc1F)C(F)(F)c1ccc(-c2ccc(Br)cc2)c[nH+]1. The number of rotatable bonds is 6. The molecular formula is C21H15BrF4N5O+. The van der Waals surface area contributed by atoms with E-state index in [4.69, 9.17) is 0 Å². The van der Waals surface area contributed by atoms with Gasteiger partial charge in [0, 0.05) is 27.7 Å². The van der Waals surface area contributed by atoms with Gasteiger partial charge in [0.1, 0.15) is 18.0 Å². The largest absolute Gasteiger partial charge is 0.377 e. The number of hydrogen-bond donors (Lipinski definition) is 1. The Kier molecular flexibility index (Phi) is 5.78. The summed E-state index contributed by atoms with van der Waals surface area (Å²) in [6.07, 6.45) is 2.35. The van der Waals surface area contributed by atoms with Gasteiger partial charge in [-0.25, -0.2) is 18.4 Å². The number of benzene rings is 2. The molecule has 0 saturated carbocycles. The Balaban J connectivity index is 1.78. The monoisotopic (exact) mass is 508 g/mol. The normalized spacial score (nSPS) is 13.7. The van der Waals surface area contributed by atoms with Crippen LogP contribution in [0.2, 0.25) is 0 Å². The molecule has 6 nitrogen and oxygen atoms in total. The number of alkyl halides is 2. The highest BCUT2D eigenvalue weighted by molar-refractivity contribution is 9.10. The van der Waals surface area contributed by atoms with Gasteiger partial charge >= 0.3 is 5.92 Å². The van der Waals surface area contributed by atoms with Crippen molar-refractivity contribution in [3.05, 3.63) is 94.5 Å². The summed E-state index contributed by atoms with van der Waals surface area (Å²) in [4.78, 5) is 2.50. The minimum absolute atomic E-state index is 0.427. The first-order chi connectivity index (χ1) is 15.2. The van der Waals surface area contributed by atoms with Gasteiger partial charge in [0.2, 0.25) is 0 Å². The second-order valence-corrected chi connectivity index (χ2v) is 7.98. The standard InChI is InChI=1S/C21H14BrF4N5O/c22-15-4-1-13(2-5-15)14-3-8-19(27-10-14)21(25,26)20(32,11-31-12-28-29-30-31)17-7-6-16(23)9-18(17)24/h1-10,12,32H,11H2/p+1. The van der Waals surface area contributed by atoms with Crippen LogP contribution >= 0.6 is 15.9 Å². The maximum Gasteiger partial charge on any atom is 0.363 e. The van der Waals surface area contributed by atoms with Gasteiger partial charge in [-0.1, -0.05) is 28.1 Å². The van der Waals surface area contributed by atoms with Crippen molar-refractivity contribution < 1.29 is 27.7 Å². The number of aromatic amines is 1. The summed E-state index contributed by atoms with van der Waals surface area (Å²) in [5.74, 6) is -6.34. The molecule has 0 saturated heterocycles. The van der Waals surface area contributed by atoms with Gasteiger partial charge in [0.25, 0.3) is 5.69 Å². The Morgan fingerprint density at radius 1 is 1.00 bits per heavy atom. The van der Waals surface area contributed by atoms with Gasteiger partial charge in [-0.15, -0.1) is 5.10 Å². The molecule has 4 aromatic rings. The Bertz CT molecular complexity index is 1220. The van der Waals surface area contributed by atoms with E-state index in [1.54, 1.807) is 24.3 Å². The number of nitrogens with zero attached hydrogens (tertiary/aromatic N) is 4. The molecule has 2 heterocycles. The summed E-state index contributed by atoms with van der Waals surface area (Å²) in [5.41, 5.74) is -3.24. The molecule has 0 aliphatic rings. The first kappa shape index (κ1) is 22.0. The third-order valence-electron chi connectivity index (χ3n) is 5.01. The lowest BCUT2D eigenvalue weighted by atomic mass is 9.84. The molecular weight excluding hydrogens is 494 g/mol. The second-order valence-electron chi connectivity index (χ2n) is 7.06. The molecule has 11 heteroatoms. The number of pyridine rings is 1. The van der Waals surface area contributed by atoms with Crippen molar-refractivity contribution >= 4 is 15.9 Å². The molecule has 2 aromatic carbocycles. The van der Waals surface area contributed by atoms with E-state index in [0.29, 0.717) is 11.6 Å².